The topological polar surface area (TPSA) is 54.0 Å². The van der Waals surface area contributed by atoms with Crippen LogP contribution in [0.3, 0.4) is 0 Å². The zero-order valence-electron chi connectivity index (χ0n) is 10.8. The van der Waals surface area contributed by atoms with E-state index in [9.17, 15) is 4.79 Å². The van der Waals surface area contributed by atoms with Crippen LogP contribution in [-0.4, -0.2) is 17.4 Å². The maximum absolute atomic E-state index is 12.4. The lowest BCUT2D eigenvalue weighted by Gasteiger charge is -2.20. The average Bonchev–Trinajstić information content (AvgIpc) is 2.46. The van der Waals surface area contributed by atoms with Gasteiger partial charge in [-0.2, -0.15) is 0 Å². The summed E-state index contributed by atoms with van der Waals surface area (Å²) < 4.78 is 0. The number of benzene rings is 1. The number of rotatable bonds is 2. The molecule has 2 aromatic rings. The molecular formula is C15H14ClN3O. The highest BCUT2D eigenvalue weighted by atomic mass is 35.5. The minimum atomic E-state index is -0.152. The zero-order valence-corrected chi connectivity index (χ0v) is 11.6. The van der Waals surface area contributed by atoms with Gasteiger partial charge >= 0.3 is 0 Å². The highest BCUT2D eigenvalue weighted by molar-refractivity contribution is 6.29. The number of pyridine rings is 1. The molecule has 1 aliphatic heterocycles. The molecule has 1 aromatic carbocycles. The van der Waals surface area contributed by atoms with Crippen molar-refractivity contribution >= 4 is 29.0 Å². The number of aromatic nitrogens is 1. The first-order chi connectivity index (χ1) is 9.74. The maximum atomic E-state index is 12.4. The van der Waals surface area contributed by atoms with Crippen LogP contribution in [0.5, 0.6) is 0 Å². The molecule has 5 heteroatoms. The zero-order chi connectivity index (χ0) is 13.9. The number of anilines is 2. The predicted octanol–water partition coefficient (Wildman–Crippen LogP) is 3.35. The number of nitrogens with zero attached hydrogens (tertiary/aromatic N) is 1. The molecule has 3 rings (SSSR count). The Morgan fingerprint density at radius 1 is 1.25 bits per heavy atom. The number of amides is 1. The fourth-order valence-electron chi connectivity index (χ4n) is 2.38. The maximum Gasteiger partial charge on any atom is 0.257 e. The number of halogens is 1. The van der Waals surface area contributed by atoms with Crippen molar-refractivity contribution in [3.05, 3.63) is 52.7 Å². The molecular weight excluding hydrogens is 274 g/mol. The van der Waals surface area contributed by atoms with Crippen molar-refractivity contribution in [1.29, 1.82) is 0 Å². The van der Waals surface area contributed by atoms with E-state index in [1.165, 1.54) is 0 Å². The third kappa shape index (κ3) is 2.60. The van der Waals surface area contributed by atoms with Gasteiger partial charge in [-0.3, -0.25) is 4.79 Å². The molecule has 0 saturated heterocycles. The van der Waals surface area contributed by atoms with Gasteiger partial charge in [-0.05, 0) is 42.7 Å². The Bertz CT molecular complexity index is 657. The molecule has 0 atom stereocenters. The van der Waals surface area contributed by atoms with Gasteiger partial charge in [0.1, 0.15) is 11.0 Å². The van der Waals surface area contributed by atoms with Crippen molar-refractivity contribution in [2.24, 2.45) is 0 Å². The van der Waals surface area contributed by atoms with Crippen molar-refractivity contribution in [2.45, 2.75) is 12.8 Å². The Balaban J connectivity index is 1.88. The van der Waals surface area contributed by atoms with Gasteiger partial charge in [-0.25, -0.2) is 4.98 Å². The Hall–Kier alpha value is -2.07. The summed E-state index contributed by atoms with van der Waals surface area (Å²) in [4.78, 5) is 16.4. The van der Waals surface area contributed by atoms with E-state index in [0.717, 1.165) is 30.6 Å². The van der Waals surface area contributed by atoms with Crippen molar-refractivity contribution in [2.75, 3.05) is 17.2 Å². The first-order valence-electron chi connectivity index (χ1n) is 6.54. The predicted molar refractivity (Wildman–Crippen MR) is 80.5 cm³/mol. The second kappa shape index (κ2) is 5.51. The van der Waals surface area contributed by atoms with Crippen LogP contribution in [0.1, 0.15) is 22.3 Å². The molecule has 2 N–H and O–H groups in total. The van der Waals surface area contributed by atoms with E-state index in [1.807, 2.05) is 18.2 Å². The Morgan fingerprint density at radius 3 is 2.95 bits per heavy atom. The van der Waals surface area contributed by atoms with Crippen molar-refractivity contribution in [3.63, 3.8) is 0 Å². The molecule has 0 aliphatic carbocycles. The molecule has 2 heterocycles. The average molecular weight is 288 g/mol. The van der Waals surface area contributed by atoms with Gasteiger partial charge in [-0.1, -0.05) is 23.7 Å². The summed E-state index contributed by atoms with van der Waals surface area (Å²) in [5.41, 5.74) is 2.80. The second-order valence-corrected chi connectivity index (χ2v) is 5.05. The van der Waals surface area contributed by atoms with Gasteiger partial charge in [0.2, 0.25) is 0 Å². The lowest BCUT2D eigenvalue weighted by atomic mass is 9.97. The van der Waals surface area contributed by atoms with E-state index in [4.69, 9.17) is 11.6 Å². The Kier molecular flexibility index (Phi) is 3.56. The second-order valence-electron chi connectivity index (χ2n) is 4.66. The molecule has 20 heavy (non-hydrogen) atoms. The molecule has 0 radical (unpaired) electrons. The first kappa shape index (κ1) is 12.9. The van der Waals surface area contributed by atoms with Gasteiger partial charge in [0, 0.05) is 17.8 Å². The van der Waals surface area contributed by atoms with E-state index in [-0.39, 0.29) is 5.91 Å². The number of fused-ring (bicyclic) bond motifs is 1. The third-order valence-corrected chi connectivity index (χ3v) is 3.51. The quantitative estimate of drug-likeness (QED) is 0.833. The molecule has 1 aliphatic rings. The van der Waals surface area contributed by atoms with Gasteiger partial charge in [-0.15, -0.1) is 0 Å². The van der Waals surface area contributed by atoms with Gasteiger partial charge in [0.15, 0.2) is 0 Å². The van der Waals surface area contributed by atoms with Crippen molar-refractivity contribution < 1.29 is 4.79 Å². The molecule has 0 spiro atoms. The monoisotopic (exact) mass is 287 g/mol. The van der Waals surface area contributed by atoms with Crippen LogP contribution in [0.15, 0.2) is 36.4 Å². The van der Waals surface area contributed by atoms with Crippen LogP contribution in [-0.2, 0) is 6.42 Å². The van der Waals surface area contributed by atoms with Crippen LogP contribution in [0, 0.1) is 0 Å². The van der Waals surface area contributed by atoms with Gasteiger partial charge < -0.3 is 10.6 Å². The van der Waals surface area contributed by atoms with E-state index in [0.29, 0.717) is 16.5 Å². The van der Waals surface area contributed by atoms with E-state index < -0.39 is 0 Å². The Morgan fingerprint density at radius 2 is 2.10 bits per heavy atom. The van der Waals surface area contributed by atoms with Crippen LogP contribution in [0.4, 0.5) is 11.5 Å². The smallest absolute Gasteiger partial charge is 0.257 e. The molecule has 4 nitrogen and oxygen atoms in total. The lowest BCUT2D eigenvalue weighted by molar-refractivity contribution is 0.102. The fraction of sp³-hybridized carbons (Fsp3) is 0.200. The SMILES string of the molecule is O=C(Nc1cccc(Cl)n1)c1cccc2c1CCCN2. The van der Waals surface area contributed by atoms with E-state index in [1.54, 1.807) is 18.2 Å². The first-order valence-corrected chi connectivity index (χ1v) is 6.91. The van der Waals surface area contributed by atoms with Crippen molar-refractivity contribution in [1.82, 2.24) is 4.98 Å². The van der Waals surface area contributed by atoms with Gasteiger partial charge in [0.05, 0.1) is 0 Å². The summed E-state index contributed by atoms with van der Waals surface area (Å²) in [7, 11) is 0. The molecule has 0 unspecified atom stereocenters. The van der Waals surface area contributed by atoms with E-state index >= 15 is 0 Å². The number of carbonyl (C=O) groups is 1. The highest BCUT2D eigenvalue weighted by Crippen LogP contribution is 2.25. The summed E-state index contributed by atoms with van der Waals surface area (Å²) >= 11 is 5.82. The highest BCUT2D eigenvalue weighted by Gasteiger charge is 2.17. The Labute approximate surface area is 122 Å². The minimum absolute atomic E-state index is 0.152. The fourth-order valence-corrected chi connectivity index (χ4v) is 2.55. The van der Waals surface area contributed by atoms with Gasteiger partial charge in [0.25, 0.3) is 5.91 Å². The number of nitrogens with one attached hydrogen (secondary N) is 2. The number of hydrogen-bond acceptors (Lipinski definition) is 3. The number of hydrogen-bond donors (Lipinski definition) is 2. The lowest BCUT2D eigenvalue weighted by Crippen LogP contribution is -2.19. The summed E-state index contributed by atoms with van der Waals surface area (Å²) in [6, 6.07) is 10.9. The largest absolute Gasteiger partial charge is 0.385 e. The third-order valence-electron chi connectivity index (χ3n) is 3.30. The summed E-state index contributed by atoms with van der Waals surface area (Å²) in [5, 5.41) is 6.46. The van der Waals surface area contributed by atoms with Crippen molar-refractivity contribution in [3.8, 4) is 0 Å². The molecule has 1 aromatic heterocycles. The van der Waals surface area contributed by atoms with E-state index in [2.05, 4.69) is 15.6 Å². The van der Waals surface area contributed by atoms with Crippen LogP contribution < -0.4 is 10.6 Å². The molecule has 0 bridgehead atoms. The molecule has 0 saturated carbocycles. The minimum Gasteiger partial charge on any atom is -0.385 e. The molecule has 1 amide bonds. The van der Waals surface area contributed by atoms with Crippen LogP contribution in [0.25, 0.3) is 0 Å². The normalized spacial score (nSPS) is 13.2. The standard InChI is InChI=1S/C15H14ClN3O/c16-13-7-2-8-14(18-13)19-15(20)11-4-1-6-12-10(11)5-3-9-17-12/h1-2,4,6-8,17H,3,5,9H2,(H,18,19,20). The van der Waals surface area contributed by atoms with Crippen LogP contribution >= 0.6 is 11.6 Å². The summed E-state index contributed by atoms with van der Waals surface area (Å²) in [5.74, 6) is 0.309. The van der Waals surface area contributed by atoms with Crippen LogP contribution in [0.2, 0.25) is 5.15 Å². The molecule has 102 valence electrons. The number of carbonyl (C=O) groups excluding carboxylic acids is 1. The summed E-state index contributed by atoms with van der Waals surface area (Å²) in [6.45, 7) is 0.952. The summed E-state index contributed by atoms with van der Waals surface area (Å²) in [6.07, 6.45) is 1.95. The molecule has 0 fully saturated rings.